The van der Waals surface area contributed by atoms with Crippen molar-refractivity contribution in [3.63, 3.8) is 0 Å². The Bertz CT molecular complexity index is 730. The van der Waals surface area contributed by atoms with Crippen LogP contribution in [0.25, 0.3) is 0 Å². The molecule has 0 unspecified atom stereocenters. The molecular formula is C13H13N6O4S-. The van der Waals surface area contributed by atoms with E-state index >= 15 is 0 Å². The Labute approximate surface area is 142 Å². The molecule has 10 nitrogen and oxygen atoms in total. The molecule has 0 bridgehead atoms. The van der Waals surface area contributed by atoms with E-state index < -0.39 is 22.8 Å². The number of hydrazone groups is 1. The molecule has 24 heavy (non-hydrogen) atoms. The van der Waals surface area contributed by atoms with Crippen molar-refractivity contribution in [1.82, 2.24) is 15.9 Å². The van der Waals surface area contributed by atoms with Crippen molar-refractivity contribution in [1.29, 1.82) is 0 Å². The Morgan fingerprint density at radius 3 is 2.54 bits per heavy atom. The summed E-state index contributed by atoms with van der Waals surface area (Å²) in [6, 6.07) is -0.918. The minimum atomic E-state index is -0.918. The predicted octanol–water partition coefficient (Wildman–Crippen LogP) is -0.485. The number of carbonyl (C=O) groups excluding carboxylic acids is 2. The number of carbonyl (C=O) groups is 2. The summed E-state index contributed by atoms with van der Waals surface area (Å²) in [6.45, 7) is 2.84. The van der Waals surface area contributed by atoms with Crippen LogP contribution in [0.4, 0.5) is 0 Å². The second-order valence-corrected chi connectivity index (χ2v) is 5.19. The molecule has 0 saturated carbocycles. The summed E-state index contributed by atoms with van der Waals surface area (Å²) in [7, 11) is 0. The zero-order valence-electron chi connectivity index (χ0n) is 12.7. The summed E-state index contributed by atoms with van der Waals surface area (Å²) in [4.78, 5) is 27.0. The van der Waals surface area contributed by atoms with Gasteiger partial charge in [-0.2, -0.15) is 15.0 Å². The number of amides is 2. The topological polar surface area (TPSA) is 135 Å². The van der Waals surface area contributed by atoms with Crippen LogP contribution in [0, 0.1) is 10.4 Å². The van der Waals surface area contributed by atoms with E-state index in [4.69, 9.17) is 12.2 Å². The van der Waals surface area contributed by atoms with E-state index in [2.05, 4.69) is 20.9 Å². The van der Waals surface area contributed by atoms with Crippen LogP contribution >= 0.6 is 12.2 Å². The van der Waals surface area contributed by atoms with Crippen molar-refractivity contribution in [2.45, 2.75) is 19.9 Å². The summed E-state index contributed by atoms with van der Waals surface area (Å²) in [5, 5.41) is 26.0. The zero-order valence-corrected chi connectivity index (χ0v) is 13.5. The number of nitrogens with one attached hydrogen (secondary N) is 2. The van der Waals surface area contributed by atoms with Gasteiger partial charge in [0, 0.05) is 19.1 Å². The molecule has 1 atom stereocenters. The molecule has 11 heteroatoms. The fourth-order valence-electron chi connectivity index (χ4n) is 1.86. The third-order valence-corrected chi connectivity index (χ3v) is 3.27. The van der Waals surface area contributed by atoms with Gasteiger partial charge >= 0.3 is 0 Å². The molecule has 1 aliphatic heterocycles. The Hall–Kier alpha value is -3.08. The van der Waals surface area contributed by atoms with Gasteiger partial charge in [-0.05, 0) is 31.3 Å². The smallest absolute Gasteiger partial charge is 0.277 e. The number of nitrogens with zero attached hydrogens (tertiary/aromatic N) is 4. The maximum Gasteiger partial charge on any atom is 0.277 e. The van der Waals surface area contributed by atoms with Gasteiger partial charge < -0.3 is 10.4 Å². The normalized spacial score (nSPS) is 20.0. The highest BCUT2D eigenvalue weighted by Crippen LogP contribution is 2.07. The van der Waals surface area contributed by atoms with Crippen LogP contribution in [0.3, 0.4) is 0 Å². The largest absolute Gasteiger partial charge is 0.612 e. The number of hydrogen-bond donors (Lipinski definition) is 2. The van der Waals surface area contributed by atoms with Crippen molar-refractivity contribution in [2.75, 3.05) is 0 Å². The Morgan fingerprint density at radius 1 is 1.38 bits per heavy atom. The van der Waals surface area contributed by atoms with Crippen LogP contribution in [0.1, 0.15) is 13.8 Å². The molecule has 2 amide bonds. The lowest BCUT2D eigenvalue weighted by atomic mass is 10.1. The Morgan fingerprint density at radius 2 is 2.00 bits per heavy atom. The van der Waals surface area contributed by atoms with Gasteiger partial charge in [0.1, 0.15) is 0 Å². The van der Waals surface area contributed by atoms with Gasteiger partial charge in [0.25, 0.3) is 5.91 Å². The lowest BCUT2D eigenvalue weighted by molar-refractivity contribution is -0.377. The lowest BCUT2D eigenvalue weighted by Crippen LogP contribution is -2.59. The molecule has 1 aliphatic carbocycles. The fraction of sp³-hybridized carbons (Fsp3) is 0.231. The molecule has 0 saturated heterocycles. The molecule has 2 aliphatic rings. The van der Waals surface area contributed by atoms with Crippen LogP contribution in [0.2, 0.25) is 0 Å². The van der Waals surface area contributed by atoms with Gasteiger partial charge in [0.05, 0.1) is 11.4 Å². The molecule has 0 aromatic carbocycles. The highest BCUT2D eigenvalue weighted by atomic mass is 32.1. The van der Waals surface area contributed by atoms with Crippen molar-refractivity contribution in [3.05, 3.63) is 34.7 Å². The van der Waals surface area contributed by atoms with E-state index in [0.717, 1.165) is 5.01 Å². The minimum Gasteiger partial charge on any atom is -0.612 e. The van der Waals surface area contributed by atoms with Crippen molar-refractivity contribution < 1.29 is 14.5 Å². The lowest BCUT2D eigenvalue weighted by Gasteiger charge is -2.29. The van der Waals surface area contributed by atoms with Gasteiger partial charge in [0.2, 0.25) is 16.7 Å². The summed E-state index contributed by atoms with van der Waals surface area (Å²) in [5.41, 5.74) is 5.63. The molecule has 0 radical (unpaired) electrons. The van der Waals surface area contributed by atoms with E-state index in [1.54, 1.807) is 6.92 Å². The second kappa shape index (κ2) is 7.00. The second-order valence-electron chi connectivity index (χ2n) is 4.82. The number of thiocarbonyl (C=S) groups is 1. The molecule has 0 spiro atoms. The average molecular weight is 349 g/mol. The first-order chi connectivity index (χ1) is 11.3. The number of rotatable bonds is 3. The van der Waals surface area contributed by atoms with E-state index in [0.29, 0.717) is 11.4 Å². The maximum atomic E-state index is 12.4. The summed E-state index contributed by atoms with van der Waals surface area (Å²) in [5.74, 6) is -1.00. The molecule has 1 heterocycles. The van der Waals surface area contributed by atoms with Crippen LogP contribution in [-0.4, -0.2) is 50.0 Å². The van der Waals surface area contributed by atoms with Gasteiger partial charge in [-0.25, -0.2) is 4.99 Å². The van der Waals surface area contributed by atoms with Crippen LogP contribution in [-0.2, 0) is 9.59 Å². The number of allylic oxidation sites excluding steroid dienone is 4. The SMILES string of the molecule is CC(=O)NN1C(=O)[C@H](NN=C2C=CC(=[N+]([O-])[O-])C=C2)C(C)=NC1=S. The van der Waals surface area contributed by atoms with Gasteiger partial charge in [-0.15, -0.1) is 0 Å². The minimum absolute atomic E-state index is 0.0670. The molecular weight excluding hydrogens is 336 g/mol. The Balaban J connectivity index is 2.15. The van der Waals surface area contributed by atoms with E-state index in [1.165, 1.54) is 31.2 Å². The summed E-state index contributed by atoms with van der Waals surface area (Å²) in [6.07, 6.45) is 5.45. The maximum absolute atomic E-state index is 12.4. The zero-order chi connectivity index (χ0) is 17.9. The highest BCUT2D eigenvalue weighted by molar-refractivity contribution is 7.80. The van der Waals surface area contributed by atoms with Crippen LogP contribution in [0.15, 0.2) is 34.4 Å². The number of hydrogen-bond acceptors (Lipinski definition) is 7. The monoisotopic (exact) mass is 349 g/mol. The quantitative estimate of drug-likeness (QED) is 0.306. The van der Waals surface area contributed by atoms with Crippen LogP contribution < -0.4 is 10.9 Å². The standard InChI is InChI=1S/C13H13N6O4S/c1-7-11(12(21)18(13(24)14-7)17-8(2)20)16-15-9-3-5-10(6-4-9)19(22)23/h3-6,11,16H,1-2H3,(H-,15,17,20,22,23)/q-1/t11-/m1/s1. The molecule has 0 fully saturated rings. The number of aliphatic imine (C=N–C) groups is 1. The molecule has 0 aromatic rings. The first kappa shape index (κ1) is 17.3. The van der Waals surface area contributed by atoms with E-state index in [9.17, 15) is 20.0 Å². The first-order valence-electron chi connectivity index (χ1n) is 6.70. The third kappa shape index (κ3) is 3.81. The third-order valence-electron chi connectivity index (χ3n) is 3.00. The summed E-state index contributed by atoms with van der Waals surface area (Å²) >= 11 is 4.95. The predicted molar refractivity (Wildman–Crippen MR) is 91.0 cm³/mol. The van der Waals surface area contributed by atoms with Crippen molar-refractivity contribution in [2.24, 2.45) is 10.1 Å². The molecule has 126 valence electrons. The van der Waals surface area contributed by atoms with Crippen molar-refractivity contribution >= 4 is 46.3 Å². The molecule has 2 rings (SSSR count). The Kier molecular flexibility index (Phi) is 5.04. The highest BCUT2D eigenvalue weighted by Gasteiger charge is 2.34. The fourth-order valence-corrected chi connectivity index (χ4v) is 2.14. The van der Waals surface area contributed by atoms with Crippen molar-refractivity contribution in [3.8, 4) is 0 Å². The average Bonchev–Trinajstić information content (AvgIpc) is 2.51. The molecule has 2 N–H and O–H groups in total. The van der Waals surface area contributed by atoms with Gasteiger partial charge in [0.15, 0.2) is 6.04 Å². The van der Waals surface area contributed by atoms with Gasteiger partial charge in [-0.3, -0.25) is 20.4 Å². The van der Waals surface area contributed by atoms with E-state index in [-0.39, 0.29) is 10.8 Å². The van der Waals surface area contributed by atoms with E-state index in [1.807, 2.05) is 0 Å². The number of hydrazine groups is 1. The molecule has 0 aromatic heterocycles. The van der Waals surface area contributed by atoms with Gasteiger partial charge in [-0.1, -0.05) is 0 Å². The van der Waals surface area contributed by atoms with Crippen LogP contribution in [0.5, 0.6) is 0 Å². The first-order valence-corrected chi connectivity index (χ1v) is 7.11. The summed E-state index contributed by atoms with van der Waals surface area (Å²) < 4.78 is 0.